The van der Waals surface area contributed by atoms with Gasteiger partial charge in [-0.2, -0.15) is 0 Å². The van der Waals surface area contributed by atoms with Crippen molar-refractivity contribution in [3.05, 3.63) is 0 Å². The summed E-state index contributed by atoms with van der Waals surface area (Å²) >= 11 is 0. The number of ether oxygens (including phenoxy) is 7. The Morgan fingerprint density at radius 1 is 0.906 bits per heavy atom. The minimum Gasteiger partial charge on any atom is -0.459 e. The van der Waals surface area contributed by atoms with E-state index in [-0.39, 0.29) is 37.3 Å². The maximum Gasteiger partial charge on any atom is 0.410 e. The fraction of sp³-hybridized carbons (Fsp3) is 0.947. The van der Waals surface area contributed by atoms with Gasteiger partial charge in [-0.25, -0.2) is 4.79 Å². The number of rotatable bonds is 6. The summed E-state index contributed by atoms with van der Waals surface area (Å²) in [4.78, 5) is 30.4. The molecule has 4 saturated heterocycles. The SMILES string of the molecule is CC[C@H]1OC(=O)[C@H](C)[C@@H](O[C@H]2C[C@@](C)(OC)[C@@H](O)[C@H](C)O2)[C@H](C)[C@@H](O[C@@H]2O[C@H](C)C[C@H]3[C@H]2OC(=O)N3C)[C@](C)(O)C[C@@H](C)CN(C)[C@H](C)[C@@H](O)[C@]1(C)O. The van der Waals surface area contributed by atoms with E-state index < -0.39 is 102 Å². The van der Waals surface area contributed by atoms with E-state index in [9.17, 15) is 30.0 Å². The van der Waals surface area contributed by atoms with Crippen molar-refractivity contribution in [2.75, 3.05) is 27.7 Å². The molecule has 1 amide bonds. The number of methoxy groups -OCH3 is 1. The first-order valence-electron chi connectivity index (χ1n) is 19.3. The van der Waals surface area contributed by atoms with Gasteiger partial charge in [-0.3, -0.25) is 4.79 Å². The van der Waals surface area contributed by atoms with Crippen LogP contribution in [0, 0.1) is 17.8 Å². The van der Waals surface area contributed by atoms with E-state index in [1.807, 2.05) is 32.7 Å². The summed E-state index contributed by atoms with van der Waals surface area (Å²) in [5.74, 6) is -2.64. The van der Waals surface area contributed by atoms with E-state index in [0.717, 1.165) is 0 Å². The van der Waals surface area contributed by atoms with Crippen molar-refractivity contribution in [2.24, 2.45) is 17.8 Å². The van der Waals surface area contributed by atoms with E-state index in [2.05, 4.69) is 0 Å². The maximum absolute atomic E-state index is 14.2. The minimum atomic E-state index is -1.81. The van der Waals surface area contributed by atoms with Gasteiger partial charge in [0.2, 0.25) is 0 Å². The molecule has 4 N–H and O–H groups in total. The topological polar surface area (TPSA) is 186 Å². The normalized spacial score (nSPS) is 49.8. The third kappa shape index (κ3) is 9.16. The molecule has 53 heavy (non-hydrogen) atoms. The molecule has 4 rings (SSSR count). The smallest absolute Gasteiger partial charge is 0.410 e. The Kier molecular flexibility index (Phi) is 14.0. The number of carbonyl (C=O) groups excluding carboxylic acids is 2. The Balaban J connectivity index is 1.82. The Labute approximate surface area is 315 Å². The minimum absolute atomic E-state index is 0.122. The van der Waals surface area contributed by atoms with Gasteiger partial charge >= 0.3 is 12.1 Å². The lowest BCUT2D eigenvalue weighted by Crippen LogP contribution is -2.60. The number of carbonyl (C=O) groups is 2. The molecule has 0 aliphatic carbocycles. The summed E-state index contributed by atoms with van der Waals surface area (Å²) in [6.07, 6.45) is -8.55. The highest BCUT2D eigenvalue weighted by Gasteiger charge is 2.55. The molecule has 0 radical (unpaired) electrons. The van der Waals surface area contributed by atoms with Crippen LogP contribution in [0.1, 0.15) is 94.9 Å². The zero-order valence-electron chi connectivity index (χ0n) is 34.1. The average molecular weight is 761 g/mol. The highest BCUT2D eigenvalue weighted by atomic mass is 16.7. The highest BCUT2D eigenvalue weighted by molar-refractivity contribution is 5.73. The van der Waals surface area contributed by atoms with Gasteiger partial charge < -0.3 is 63.4 Å². The Hall–Kier alpha value is -1.66. The van der Waals surface area contributed by atoms with Crippen LogP contribution in [-0.2, 0) is 38.0 Å². The van der Waals surface area contributed by atoms with Crippen molar-refractivity contribution in [3.8, 4) is 0 Å². The number of cyclic esters (lactones) is 1. The molecule has 308 valence electrons. The van der Waals surface area contributed by atoms with Crippen LogP contribution < -0.4 is 0 Å². The summed E-state index contributed by atoms with van der Waals surface area (Å²) in [7, 11) is 5.01. The Morgan fingerprint density at radius 2 is 1.55 bits per heavy atom. The van der Waals surface area contributed by atoms with Crippen LogP contribution in [0.5, 0.6) is 0 Å². The van der Waals surface area contributed by atoms with Crippen molar-refractivity contribution in [2.45, 2.75) is 185 Å². The molecule has 0 aromatic rings. The summed E-state index contributed by atoms with van der Waals surface area (Å²) in [5.41, 5.74) is -4.41. The predicted molar refractivity (Wildman–Crippen MR) is 193 cm³/mol. The van der Waals surface area contributed by atoms with Gasteiger partial charge in [0, 0.05) is 39.1 Å². The van der Waals surface area contributed by atoms with E-state index in [1.165, 1.54) is 18.9 Å². The number of hydrogen-bond donors (Lipinski definition) is 4. The van der Waals surface area contributed by atoms with Crippen LogP contribution in [0.25, 0.3) is 0 Å². The van der Waals surface area contributed by atoms with Crippen molar-refractivity contribution >= 4 is 12.1 Å². The lowest BCUT2D eigenvalue weighted by Gasteiger charge is -2.48. The lowest BCUT2D eigenvalue weighted by molar-refractivity contribution is -0.314. The first-order valence-corrected chi connectivity index (χ1v) is 19.3. The van der Waals surface area contributed by atoms with Gasteiger partial charge in [-0.15, -0.1) is 0 Å². The van der Waals surface area contributed by atoms with E-state index >= 15 is 0 Å². The zero-order chi connectivity index (χ0) is 40.0. The summed E-state index contributed by atoms with van der Waals surface area (Å²) in [6.45, 7) is 18.0. The quantitative estimate of drug-likeness (QED) is 0.289. The van der Waals surface area contributed by atoms with Crippen molar-refractivity contribution in [3.63, 3.8) is 0 Å². The second-order valence-corrected chi connectivity index (χ2v) is 17.2. The fourth-order valence-corrected chi connectivity index (χ4v) is 9.06. The van der Waals surface area contributed by atoms with Gasteiger partial charge in [0.15, 0.2) is 18.7 Å². The molecule has 0 unspecified atom stereocenters. The molecule has 0 saturated carbocycles. The Bertz CT molecular complexity index is 1250. The van der Waals surface area contributed by atoms with E-state index in [4.69, 9.17) is 33.2 Å². The van der Waals surface area contributed by atoms with Gasteiger partial charge in [0.1, 0.15) is 23.9 Å². The molecule has 15 nitrogen and oxygen atoms in total. The maximum atomic E-state index is 14.2. The van der Waals surface area contributed by atoms with Crippen LogP contribution in [0.2, 0.25) is 0 Å². The molecular formula is C38H68N2O13. The van der Waals surface area contributed by atoms with Crippen LogP contribution >= 0.6 is 0 Å². The molecule has 0 aromatic carbocycles. The summed E-state index contributed by atoms with van der Waals surface area (Å²) in [6, 6.07) is -0.858. The number of fused-ring (bicyclic) bond motifs is 1. The highest BCUT2D eigenvalue weighted by Crippen LogP contribution is 2.41. The molecule has 15 heteroatoms. The first-order chi connectivity index (χ1) is 24.5. The number of esters is 1. The van der Waals surface area contributed by atoms with Gasteiger partial charge in [0.25, 0.3) is 0 Å². The number of aliphatic hydroxyl groups excluding tert-OH is 2. The van der Waals surface area contributed by atoms with E-state index in [1.54, 1.807) is 48.6 Å². The molecule has 4 heterocycles. The van der Waals surface area contributed by atoms with Gasteiger partial charge in [-0.05, 0) is 80.7 Å². The Morgan fingerprint density at radius 3 is 2.15 bits per heavy atom. The molecule has 4 aliphatic rings. The lowest BCUT2D eigenvalue weighted by atomic mass is 9.77. The number of hydrogen-bond acceptors (Lipinski definition) is 14. The third-order valence-electron chi connectivity index (χ3n) is 12.5. The van der Waals surface area contributed by atoms with Crippen LogP contribution in [0.3, 0.4) is 0 Å². The van der Waals surface area contributed by atoms with Crippen LogP contribution in [0.4, 0.5) is 4.79 Å². The standard InChI is InChI=1S/C38H68N2O13/c1-14-26-38(10,46)30(41)23(6)39(11)18-19(2)16-36(8,45)32(53-34-29-25(15-20(3)48-34)40(12)35(44)52-29)21(4)28(22(5)33(43)50-26)51-27-17-37(9,47-13)31(42)24(7)49-27/h19-32,34,41-42,45-46H,14-18H2,1-13H3/t19-,20-,21+,22-,23-,24+,25+,26-,27+,28+,29-,30-,31+,32-,34+,36-,37-,38-/m1/s1. The second-order valence-electron chi connectivity index (χ2n) is 17.2. The molecule has 4 aliphatic heterocycles. The summed E-state index contributed by atoms with van der Waals surface area (Å²) < 4.78 is 43.5. The molecule has 0 spiro atoms. The number of nitrogens with zero attached hydrogens (tertiary/aromatic N) is 2. The number of likely N-dealkylation sites (N-methyl/N-ethyl adjacent to an activating group) is 2. The first kappa shape index (κ1) is 44.1. The second kappa shape index (κ2) is 16.8. The van der Waals surface area contributed by atoms with Crippen molar-refractivity contribution in [1.29, 1.82) is 0 Å². The predicted octanol–water partition coefficient (Wildman–Crippen LogP) is 2.43. The fourth-order valence-electron chi connectivity index (χ4n) is 9.06. The van der Waals surface area contributed by atoms with Crippen molar-refractivity contribution in [1.82, 2.24) is 9.80 Å². The van der Waals surface area contributed by atoms with Crippen LogP contribution in [-0.4, -0.2) is 160 Å². The number of amides is 1. The monoisotopic (exact) mass is 760 g/mol. The molecule has 0 aromatic heterocycles. The number of aliphatic hydroxyl groups is 4. The molecule has 4 fully saturated rings. The molecular weight excluding hydrogens is 692 g/mol. The zero-order valence-corrected chi connectivity index (χ0v) is 34.1. The summed E-state index contributed by atoms with van der Waals surface area (Å²) in [5, 5.41) is 46.7. The molecule has 18 atom stereocenters. The van der Waals surface area contributed by atoms with Crippen LogP contribution in [0.15, 0.2) is 0 Å². The average Bonchev–Trinajstić information content (AvgIpc) is 3.37. The largest absolute Gasteiger partial charge is 0.459 e. The molecule has 0 bridgehead atoms. The van der Waals surface area contributed by atoms with Gasteiger partial charge in [-0.1, -0.05) is 20.8 Å². The third-order valence-corrected chi connectivity index (χ3v) is 12.5. The van der Waals surface area contributed by atoms with Crippen molar-refractivity contribution < 1.29 is 63.2 Å². The van der Waals surface area contributed by atoms with E-state index in [0.29, 0.717) is 13.0 Å². The van der Waals surface area contributed by atoms with Gasteiger partial charge in [0.05, 0.1) is 47.6 Å².